The molecule has 0 aliphatic carbocycles. The van der Waals surface area contributed by atoms with Crippen molar-refractivity contribution in [2.24, 2.45) is 5.73 Å². The molecular formula is C18H22N6O4. The number of nitrogens with one attached hydrogen (secondary N) is 1. The van der Waals surface area contributed by atoms with Gasteiger partial charge in [0.2, 0.25) is 0 Å². The highest BCUT2D eigenvalue weighted by Gasteiger charge is 2.44. The first-order valence-electron chi connectivity index (χ1n) is 8.94. The van der Waals surface area contributed by atoms with Crippen LogP contribution < -0.4 is 11.1 Å². The lowest BCUT2D eigenvalue weighted by molar-refractivity contribution is -0.0511. The monoisotopic (exact) mass is 386 g/mol. The van der Waals surface area contributed by atoms with Crippen LogP contribution in [-0.4, -0.2) is 59.8 Å². The Morgan fingerprint density at radius 2 is 1.89 bits per heavy atom. The zero-order chi connectivity index (χ0) is 19.7. The zero-order valence-corrected chi connectivity index (χ0v) is 15.0. The van der Waals surface area contributed by atoms with Gasteiger partial charge in [-0.15, -0.1) is 0 Å². The fourth-order valence-corrected chi connectivity index (χ4v) is 3.39. The molecule has 0 amide bonds. The highest BCUT2D eigenvalue weighted by Crippen LogP contribution is 2.32. The molecule has 2 aromatic heterocycles. The first-order chi connectivity index (χ1) is 13.6. The fraction of sp³-hybridized carbons (Fsp3) is 0.389. The summed E-state index contributed by atoms with van der Waals surface area (Å²) in [6, 6.07) is 7.85. The van der Waals surface area contributed by atoms with Gasteiger partial charge in [0.25, 0.3) is 0 Å². The van der Waals surface area contributed by atoms with Crippen LogP contribution in [0, 0.1) is 0 Å². The third kappa shape index (κ3) is 3.21. The zero-order valence-electron chi connectivity index (χ0n) is 15.0. The number of benzene rings is 1. The van der Waals surface area contributed by atoms with Crippen LogP contribution in [0.25, 0.3) is 11.2 Å². The Labute approximate surface area is 160 Å². The number of ether oxygens (including phenoxy) is 1. The number of hydrogen-bond donors (Lipinski definition) is 5. The summed E-state index contributed by atoms with van der Waals surface area (Å²) < 4.78 is 7.09. The van der Waals surface area contributed by atoms with Gasteiger partial charge in [-0.3, -0.25) is 4.57 Å². The summed E-state index contributed by atoms with van der Waals surface area (Å²) in [4.78, 5) is 12.8. The molecule has 1 aromatic carbocycles. The minimum atomic E-state index is -1.21. The van der Waals surface area contributed by atoms with Crippen molar-refractivity contribution in [3.05, 3.63) is 48.0 Å². The van der Waals surface area contributed by atoms with E-state index in [2.05, 4.69) is 20.3 Å². The minimum absolute atomic E-state index is 0.399. The number of imidazole rings is 1. The predicted molar refractivity (Wildman–Crippen MR) is 100.0 cm³/mol. The van der Waals surface area contributed by atoms with E-state index in [4.69, 9.17) is 10.5 Å². The van der Waals surface area contributed by atoms with Crippen molar-refractivity contribution in [3.8, 4) is 0 Å². The van der Waals surface area contributed by atoms with E-state index in [1.165, 1.54) is 17.2 Å². The Kier molecular flexibility index (Phi) is 5.20. The molecule has 1 saturated heterocycles. The van der Waals surface area contributed by atoms with E-state index in [9.17, 15) is 15.3 Å². The van der Waals surface area contributed by atoms with Crippen molar-refractivity contribution < 1.29 is 20.1 Å². The summed E-state index contributed by atoms with van der Waals surface area (Å²) in [6.07, 6.45) is -1.32. The molecule has 1 fully saturated rings. The lowest BCUT2D eigenvalue weighted by Gasteiger charge is -2.16. The van der Waals surface area contributed by atoms with E-state index in [0.29, 0.717) is 30.1 Å². The summed E-state index contributed by atoms with van der Waals surface area (Å²) >= 11 is 0. The SMILES string of the molecule is NCc1ccccc1CNc1ncnc2c1ncn2[C@@H]1O[C@H](CO)[C@@H](O)[C@H]1O. The second kappa shape index (κ2) is 7.78. The number of aliphatic hydroxyl groups is 3. The maximum Gasteiger partial charge on any atom is 0.167 e. The van der Waals surface area contributed by atoms with E-state index >= 15 is 0 Å². The number of rotatable bonds is 6. The normalized spacial score (nSPS) is 24.7. The van der Waals surface area contributed by atoms with Gasteiger partial charge in [-0.1, -0.05) is 24.3 Å². The quantitative estimate of drug-likeness (QED) is 0.378. The van der Waals surface area contributed by atoms with Gasteiger partial charge in [-0.05, 0) is 11.1 Å². The van der Waals surface area contributed by atoms with Gasteiger partial charge in [-0.25, -0.2) is 15.0 Å². The van der Waals surface area contributed by atoms with Crippen molar-refractivity contribution >= 4 is 17.0 Å². The molecule has 10 heteroatoms. The number of aromatic nitrogens is 4. The number of fused-ring (bicyclic) bond motifs is 1. The Morgan fingerprint density at radius 3 is 2.61 bits per heavy atom. The third-order valence-corrected chi connectivity index (χ3v) is 4.93. The Hall–Kier alpha value is -2.63. The largest absolute Gasteiger partial charge is 0.394 e. The predicted octanol–water partition coefficient (Wildman–Crippen LogP) is -0.491. The van der Waals surface area contributed by atoms with Gasteiger partial charge in [0.05, 0.1) is 12.9 Å². The standard InChI is InChI=1S/C18H22N6O4/c19-5-10-3-1-2-4-11(10)6-20-16-13-17(22-8-21-16)24(9-23-13)18-15(27)14(26)12(7-25)28-18/h1-4,8-9,12,14-15,18,25-27H,5-7,19H2,(H,20,21,22)/t12-,14-,15-,18-/m1/s1. The summed E-state index contributed by atoms with van der Waals surface area (Å²) in [5.41, 5.74) is 8.83. The summed E-state index contributed by atoms with van der Waals surface area (Å²) in [5.74, 6) is 0.530. The maximum atomic E-state index is 10.3. The van der Waals surface area contributed by atoms with Crippen LogP contribution in [-0.2, 0) is 17.8 Å². The minimum Gasteiger partial charge on any atom is -0.394 e. The molecule has 28 heavy (non-hydrogen) atoms. The molecular weight excluding hydrogens is 364 g/mol. The average Bonchev–Trinajstić information content (AvgIpc) is 3.28. The molecule has 10 nitrogen and oxygen atoms in total. The molecule has 0 spiro atoms. The first-order valence-corrected chi connectivity index (χ1v) is 8.94. The summed E-state index contributed by atoms with van der Waals surface area (Å²) in [6.45, 7) is 0.556. The van der Waals surface area contributed by atoms with Gasteiger partial charge in [0.15, 0.2) is 23.2 Å². The third-order valence-electron chi connectivity index (χ3n) is 4.93. The van der Waals surface area contributed by atoms with Crippen LogP contribution >= 0.6 is 0 Å². The van der Waals surface area contributed by atoms with Gasteiger partial charge in [0.1, 0.15) is 24.6 Å². The number of aliphatic hydroxyl groups excluding tert-OH is 3. The van der Waals surface area contributed by atoms with Crippen LogP contribution in [0.5, 0.6) is 0 Å². The molecule has 0 radical (unpaired) electrons. The Bertz CT molecular complexity index is 964. The molecule has 0 bridgehead atoms. The van der Waals surface area contributed by atoms with Crippen molar-refractivity contribution in [3.63, 3.8) is 0 Å². The van der Waals surface area contributed by atoms with Gasteiger partial charge >= 0.3 is 0 Å². The molecule has 3 aromatic rings. The maximum absolute atomic E-state index is 10.3. The number of hydrogen-bond acceptors (Lipinski definition) is 9. The fourth-order valence-electron chi connectivity index (χ4n) is 3.39. The summed E-state index contributed by atoms with van der Waals surface area (Å²) in [5, 5.41) is 32.8. The lowest BCUT2D eigenvalue weighted by atomic mass is 10.1. The van der Waals surface area contributed by atoms with Gasteiger partial charge < -0.3 is 31.1 Å². The number of nitrogens with two attached hydrogens (primary N) is 1. The second-order valence-corrected chi connectivity index (χ2v) is 6.60. The molecule has 148 valence electrons. The van der Waals surface area contributed by atoms with Crippen LogP contribution in [0.4, 0.5) is 5.82 Å². The lowest BCUT2D eigenvalue weighted by Crippen LogP contribution is -2.33. The molecule has 0 unspecified atom stereocenters. The van der Waals surface area contributed by atoms with Crippen molar-refractivity contribution in [2.45, 2.75) is 37.6 Å². The van der Waals surface area contributed by atoms with E-state index in [-0.39, 0.29) is 0 Å². The Balaban J connectivity index is 1.61. The van der Waals surface area contributed by atoms with Crippen LogP contribution in [0.3, 0.4) is 0 Å². The molecule has 0 saturated carbocycles. The number of nitrogens with zero attached hydrogens (tertiary/aromatic N) is 4. The van der Waals surface area contributed by atoms with E-state index in [1.54, 1.807) is 0 Å². The van der Waals surface area contributed by atoms with E-state index < -0.39 is 31.1 Å². The van der Waals surface area contributed by atoms with Crippen molar-refractivity contribution in [2.75, 3.05) is 11.9 Å². The highest BCUT2D eigenvalue weighted by atomic mass is 16.6. The van der Waals surface area contributed by atoms with Crippen molar-refractivity contribution in [1.29, 1.82) is 0 Å². The average molecular weight is 386 g/mol. The molecule has 4 atom stereocenters. The first kappa shape index (κ1) is 18.7. The number of anilines is 1. The second-order valence-electron chi connectivity index (χ2n) is 6.60. The Morgan fingerprint density at radius 1 is 1.11 bits per heavy atom. The summed E-state index contributed by atoms with van der Waals surface area (Å²) in [7, 11) is 0. The van der Waals surface area contributed by atoms with E-state index in [0.717, 1.165) is 11.1 Å². The van der Waals surface area contributed by atoms with Gasteiger partial charge in [-0.2, -0.15) is 0 Å². The molecule has 6 N–H and O–H groups in total. The van der Waals surface area contributed by atoms with Crippen LogP contribution in [0.1, 0.15) is 17.4 Å². The molecule has 1 aliphatic heterocycles. The van der Waals surface area contributed by atoms with Crippen molar-refractivity contribution in [1.82, 2.24) is 19.5 Å². The molecule has 3 heterocycles. The molecule has 4 rings (SSSR count). The topological polar surface area (TPSA) is 152 Å². The van der Waals surface area contributed by atoms with Crippen LogP contribution in [0.15, 0.2) is 36.9 Å². The van der Waals surface area contributed by atoms with Gasteiger partial charge in [0, 0.05) is 13.1 Å². The highest BCUT2D eigenvalue weighted by molar-refractivity contribution is 5.82. The molecule has 1 aliphatic rings. The van der Waals surface area contributed by atoms with E-state index in [1.807, 2.05) is 24.3 Å². The smallest absolute Gasteiger partial charge is 0.167 e. The van der Waals surface area contributed by atoms with Crippen LogP contribution in [0.2, 0.25) is 0 Å².